The minimum atomic E-state index is 0.151. The fraction of sp³-hybridized carbons (Fsp3) is 0.438. The first-order valence-corrected chi connectivity index (χ1v) is 10.5. The van der Waals surface area contributed by atoms with Gasteiger partial charge in [-0.25, -0.2) is 0 Å². The predicted octanol–water partition coefficient (Wildman–Crippen LogP) is 4.10. The Morgan fingerprint density at radius 2 is 1.91 bits per heavy atom. The van der Waals surface area contributed by atoms with Gasteiger partial charge in [0.05, 0.1) is 5.75 Å². The molecule has 4 nitrogen and oxygen atoms in total. The second kappa shape index (κ2) is 9.30. The number of carbonyl (C=O) groups is 1. The lowest BCUT2D eigenvalue weighted by Crippen LogP contribution is -2.32. The number of amides is 1. The molecule has 0 bridgehead atoms. The summed E-state index contributed by atoms with van der Waals surface area (Å²) in [6.45, 7) is 5.61. The van der Waals surface area contributed by atoms with Gasteiger partial charge in [-0.3, -0.25) is 4.79 Å². The van der Waals surface area contributed by atoms with Gasteiger partial charge in [0, 0.05) is 13.1 Å². The molecule has 0 atom stereocenters. The molecule has 1 amide bonds. The molecule has 7 heteroatoms. The molecule has 0 fully saturated rings. The van der Waals surface area contributed by atoms with E-state index in [1.54, 1.807) is 11.8 Å². The fourth-order valence-corrected chi connectivity index (χ4v) is 4.37. The molecule has 2 aromatic rings. The zero-order valence-corrected chi connectivity index (χ0v) is 16.1. The average Bonchev–Trinajstić information content (AvgIpc) is 3.02. The molecule has 0 N–H and O–H groups in total. The molecule has 0 unspecified atom stereocenters. The highest BCUT2D eigenvalue weighted by molar-refractivity contribution is 8.03. The minimum Gasteiger partial charge on any atom is -0.338 e. The maximum absolute atomic E-state index is 12.5. The van der Waals surface area contributed by atoms with E-state index < -0.39 is 0 Å². The molecule has 2 rings (SSSR count). The highest BCUT2D eigenvalue weighted by Gasteiger charge is 2.15. The Labute approximate surface area is 150 Å². The highest BCUT2D eigenvalue weighted by Crippen LogP contribution is 2.27. The number of carbonyl (C=O) groups excluding carboxylic acids is 1. The summed E-state index contributed by atoms with van der Waals surface area (Å²) in [6.07, 6.45) is 2.93. The maximum atomic E-state index is 12.5. The molecule has 0 spiro atoms. The Balaban J connectivity index is 1.93. The van der Waals surface area contributed by atoms with Crippen LogP contribution in [-0.2, 0) is 11.3 Å². The molecular formula is C16H21N3OS3. The molecule has 0 saturated carbocycles. The lowest BCUT2D eigenvalue weighted by atomic mass is 10.1. The van der Waals surface area contributed by atoms with Crippen molar-refractivity contribution < 1.29 is 4.79 Å². The van der Waals surface area contributed by atoms with Crippen LogP contribution < -0.4 is 0 Å². The lowest BCUT2D eigenvalue weighted by molar-refractivity contribution is -0.129. The molecule has 0 aliphatic carbocycles. The van der Waals surface area contributed by atoms with E-state index in [1.807, 2.05) is 11.2 Å². The number of benzene rings is 1. The monoisotopic (exact) mass is 367 g/mol. The van der Waals surface area contributed by atoms with Crippen molar-refractivity contribution in [2.24, 2.45) is 0 Å². The number of hydrogen-bond donors (Lipinski definition) is 0. The van der Waals surface area contributed by atoms with Crippen LogP contribution in [0.15, 0.2) is 32.9 Å². The molecule has 0 saturated heterocycles. The van der Waals surface area contributed by atoms with Crippen LogP contribution in [0.1, 0.15) is 24.5 Å². The Bertz CT molecular complexity index is 628. The SMILES string of the molecule is CCCN(Cc1ccc(C)cc1)C(=O)CSc1nnc(SC)s1. The maximum Gasteiger partial charge on any atom is 0.233 e. The third-order valence-corrected chi connectivity index (χ3v) is 6.24. The van der Waals surface area contributed by atoms with Gasteiger partial charge in [-0.05, 0) is 25.2 Å². The summed E-state index contributed by atoms with van der Waals surface area (Å²) in [4.78, 5) is 14.4. The normalized spacial score (nSPS) is 10.7. The van der Waals surface area contributed by atoms with Gasteiger partial charge in [-0.2, -0.15) is 0 Å². The second-order valence-corrected chi connectivity index (χ2v) is 8.38. The van der Waals surface area contributed by atoms with E-state index in [0.29, 0.717) is 12.3 Å². The van der Waals surface area contributed by atoms with E-state index >= 15 is 0 Å². The summed E-state index contributed by atoms with van der Waals surface area (Å²) in [7, 11) is 0. The largest absolute Gasteiger partial charge is 0.338 e. The first kappa shape index (κ1) is 18.3. The van der Waals surface area contributed by atoms with Crippen LogP contribution in [0.5, 0.6) is 0 Å². The summed E-state index contributed by atoms with van der Waals surface area (Å²) in [6, 6.07) is 8.36. The zero-order chi connectivity index (χ0) is 16.7. The standard InChI is InChI=1S/C16H21N3OS3/c1-4-9-19(10-13-7-5-12(2)6-8-13)14(20)11-22-16-18-17-15(21-3)23-16/h5-8H,4,9-11H2,1-3H3. The third kappa shape index (κ3) is 5.82. The van der Waals surface area contributed by atoms with Crippen molar-refractivity contribution in [2.75, 3.05) is 18.6 Å². The molecule has 23 heavy (non-hydrogen) atoms. The number of rotatable bonds is 8. The van der Waals surface area contributed by atoms with E-state index in [2.05, 4.69) is 48.3 Å². The van der Waals surface area contributed by atoms with Gasteiger partial charge in [-0.15, -0.1) is 10.2 Å². The summed E-state index contributed by atoms with van der Waals surface area (Å²) in [5, 5.41) is 8.15. The number of thioether (sulfide) groups is 2. The predicted molar refractivity (Wildman–Crippen MR) is 99.3 cm³/mol. The zero-order valence-electron chi connectivity index (χ0n) is 13.6. The van der Waals surface area contributed by atoms with Crippen molar-refractivity contribution in [3.05, 3.63) is 35.4 Å². The van der Waals surface area contributed by atoms with Crippen molar-refractivity contribution in [2.45, 2.75) is 35.5 Å². The van der Waals surface area contributed by atoms with Crippen molar-refractivity contribution in [1.82, 2.24) is 15.1 Å². The minimum absolute atomic E-state index is 0.151. The van der Waals surface area contributed by atoms with Crippen molar-refractivity contribution in [3.63, 3.8) is 0 Å². The van der Waals surface area contributed by atoms with Crippen LogP contribution in [-0.4, -0.2) is 39.6 Å². The Morgan fingerprint density at radius 3 is 2.52 bits per heavy atom. The molecule has 0 aliphatic heterocycles. The summed E-state index contributed by atoms with van der Waals surface area (Å²) in [5.74, 6) is 0.563. The third-order valence-electron chi connectivity index (χ3n) is 3.22. The molecule has 0 radical (unpaired) electrons. The van der Waals surface area contributed by atoms with E-state index in [9.17, 15) is 4.79 Å². The van der Waals surface area contributed by atoms with Crippen LogP contribution in [0, 0.1) is 6.92 Å². The van der Waals surface area contributed by atoms with Crippen molar-refractivity contribution in [3.8, 4) is 0 Å². The molecule has 1 aromatic heterocycles. The topological polar surface area (TPSA) is 46.1 Å². The summed E-state index contributed by atoms with van der Waals surface area (Å²) < 4.78 is 1.79. The van der Waals surface area contributed by atoms with Crippen molar-refractivity contribution >= 4 is 40.8 Å². The van der Waals surface area contributed by atoms with Crippen LogP contribution >= 0.6 is 34.9 Å². The molecule has 0 aliphatic rings. The first-order valence-electron chi connectivity index (χ1n) is 7.46. The van der Waals surface area contributed by atoms with Crippen LogP contribution in [0.3, 0.4) is 0 Å². The van der Waals surface area contributed by atoms with Crippen molar-refractivity contribution in [1.29, 1.82) is 0 Å². The van der Waals surface area contributed by atoms with E-state index in [4.69, 9.17) is 0 Å². The number of aromatic nitrogens is 2. The van der Waals surface area contributed by atoms with Gasteiger partial charge in [0.25, 0.3) is 0 Å². The molecule has 124 valence electrons. The lowest BCUT2D eigenvalue weighted by Gasteiger charge is -2.22. The van der Waals surface area contributed by atoms with Crippen LogP contribution in [0.2, 0.25) is 0 Å². The molecule has 1 heterocycles. The molecular weight excluding hydrogens is 346 g/mol. The summed E-state index contributed by atoms with van der Waals surface area (Å²) >= 11 is 4.59. The molecule has 1 aromatic carbocycles. The number of hydrogen-bond acceptors (Lipinski definition) is 6. The first-order chi connectivity index (χ1) is 11.1. The van der Waals surface area contributed by atoms with Gasteiger partial charge in [0.2, 0.25) is 5.91 Å². The van der Waals surface area contributed by atoms with Gasteiger partial charge in [0.1, 0.15) is 0 Å². The Hall–Kier alpha value is -1.05. The van der Waals surface area contributed by atoms with Gasteiger partial charge < -0.3 is 4.90 Å². The van der Waals surface area contributed by atoms with Gasteiger partial charge in [-0.1, -0.05) is 71.6 Å². The Kier molecular flexibility index (Phi) is 7.39. The van der Waals surface area contributed by atoms with E-state index in [0.717, 1.165) is 21.6 Å². The van der Waals surface area contributed by atoms with Gasteiger partial charge >= 0.3 is 0 Å². The number of aryl methyl sites for hydroxylation is 1. The quantitative estimate of drug-likeness (QED) is 0.657. The fourth-order valence-electron chi connectivity index (χ4n) is 2.03. The van der Waals surface area contributed by atoms with Crippen LogP contribution in [0.4, 0.5) is 0 Å². The number of nitrogens with zero attached hydrogens (tertiary/aromatic N) is 3. The summed E-state index contributed by atoms with van der Waals surface area (Å²) in [5.41, 5.74) is 2.40. The Morgan fingerprint density at radius 1 is 1.22 bits per heavy atom. The van der Waals surface area contributed by atoms with E-state index in [1.165, 1.54) is 34.2 Å². The average molecular weight is 368 g/mol. The smallest absolute Gasteiger partial charge is 0.233 e. The second-order valence-electron chi connectivity index (χ2n) is 5.13. The van der Waals surface area contributed by atoms with E-state index in [-0.39, 0.29) is 5.91 Å². The highest BCUT2D eigenvalue weighted by atomic mass is 32.2. The van der Waals surface area contributed by atoms with Gasteiger partial charge in [0.15, 0.2) is 8.68 Å². The van der Waals surface area contributed by atoms with Crippen LogP contribution in [0.25, 0.3) is 0 Å².